The summed E-state index contributed by atoms with van der Waals surface area (Å²) in [6.07, 6.45) is 4.68. The normalized spacial score (nSPS) is 10.8. The molecule has 23 heavy (non-hydrogen) atoms. The largest absolute Gasteiger partial charge is 0.313 e. The van der Waals surface area contributed by atoms with Gasteiger partial charge in [-0.25, -0.2) is 0 Å². The second kappa shape index (κ2) is 8.40. The van der Waals surface area contributed by atoms with Gasteiger partial charge in [-0.15, -0.1) is 5.10 Å². The topological polar surface area (TPSA) is 68.5 Å². The molecule has 3 rings (SSSR count). The lowest BCUT2D eigenvalue weighted by Crippen LogP contribution is -2.15. The summed E-state index contributed by atoms with van der Waals surface area (Å²) in [6.45, 7) is 1.83. The molecule has 0 aliphatic rings. The minimum atomic E-state index is 0.824. The van der Waals surface area contributed by atoms with Crippen LogP contribution < -0.4 is 5.32 Å². The maximum atomic E-state index is 4.10. The molecule has 0 amide bonds. The zero-order chi connectivity index (χ0) is 15.7. The summed E-state index contributed by atoms with van der Waals surface area (Å²) in [5, 5.41) is 16.2. The zero-order valence-electron chi connectivity index (χ0n) is 12.7. The Morgan fingerprint density at radius 2 is 1.87 bits per heavy atom. The Morgan fingerprint density at radius 3 is 2.70 bits per heavy atom. The van der Waals surface area contributed by atoms with Gasteiger partial charge >= 0.3 is 0 Å². The molecular weight excluding hydrogens is 308 g/mol. The van der Waals surface area contributed by atoms with E-state index in [4.69, 9.17) is 0 Å². The molecule has 7 heteroatoms. The van der Waals surface area contributed by atoms with Gasteiger partial charge in [-0.2, -0.15) is 4.68 Å². The van der Waals surface area contributed by atoms with Gasteiger partial charge in [0, 0.05) is 24.7 Å². The molecule has 0 saturated heterocycles. The van der Waals surface area contributed by atoms with Gasteiger partial charge in [-0.3, -0.25) is 4.98 Å². The number of nitrogens with one attached hydrogen (secondary N) is 1. The van der Waals surface area contributed by atoms with Crippen molar-refractivity contribution >= 4 is 11.8 Å². The highest BCUT2D eigenvalue weighted by Crippen LogP contribution is 2.18. The van der Waals surface area contributed by atoms with Crippen molar-refractivity contribution in [2.75, 3.05) is 12.3 Å². The van der Waals surface area contributed by atoms with Crippen LogP contribution in [0.25, 0.3) is 5.69 Å². The van der Waals surface area contributed by atoms with Crippen LogP contribution in [0, 0.1) is 0 Å². The van der Waals surface area contributed by atoms with Crippen LogP contribution in [-0.2, 0) is 6.54 Å². The Bertz CT molecular complexity index is 701. The van der Waals surface area contributed by atoms with Crippen molar-refractivity contribution in [1.82, 2.24) is 30.5 Å². The van der Waals surface area contributed by atoms with Crippen molar-refractivity contribution in [3.63, 3.8) is 0 Å². The van der Waals surface area contributed by atoms with E-state index in [-0.39, 0.29) is 0 Å². The molecule has 0 unspecified atom stereocenters. The van der Waals surface area contributed by atoms with E-state index in [1.54, 1.807) is 16.4 Å². The summed E-state index contributed by atoms with van der Waals surface area (Å²) in [5.74, 6) is 0.969. The third-order valence-corrected chi connectivity index (χ3v) is 4.25. The predicted molar refractivity (Wildman–Crippen MR) is 90.4 cm³/mol. The summed E-state index contributed by atoms with van der Waals surface area (Å²) in [4.78, 5) is 4.01. The fraction of sp³-hybridized carbons (Fsp3) is 0.250. The number of benzene rings is 1. The lowest BCUT2D eigenvalue weighted by Gasteiger charge is -2.05. The van der Waals surface area contributed by atoms with Crippen molar-refractivity contribution in [1.29, 1.82) is 0 Å². The number of hydrogen-bond donors (Lipinski definition) is 1. The maximum Gasteiger partial charge on any atom is 0.214 e. The maximum absolute atomic E-state index is 4.10. The summed E-state index contributed by atoms with van der Waals surface area (Å²) in [6, 6.07) is 14.0. The average Bonchev–Trinajstić information content (AvgIpc) is 3.08. The molecule has 6 nitrogen and oxygen atoms in total. The zero-order valence-corrected chi connectivity index (χ0v) is 13.5. The van der Waals surface area contributed by atoms with Crippen LogP contribution in [0.5, 0.6) is 0 Å². The Labute approximate surface area is 139 Å². The van der Waals surface area contributed by atoms with E-state index >= 15 is 0 Å². The molecule has 0 aliphatic heterocycles. The summed E-state index contributed by atoms with van der Waals surface area (Å²) >= 11 is 1.67. The monoisotopic (exact) mass is 326 g/mol. The van der Waals surface area contributed by atoms with E-state index in [0.29, 0.717) is 0 Å². The van der Waals surface area contributed by atoms with Crippen molar-refractivity contribution < 1.29 is 0 Å². The molecule has 0 saturated carbocycles. The quantitative estimate of drug-likeness (QED) is 0.506. The highest BCUT2D eigenvalue weighted by Gasteiger charge is 2.07. The second-order valence-corrected chi connectivity index (χ2v) is 6.01. The lowest BCUT2D eigenvalue weighted by molar-refractivity contribution is 0.677. The smallest absolute Gasteiger partial charge is 0.214 e. The SMILES string of the molecule is c1ccc(-n2nnnc2SCCCNCc2ccncc2)cc1. The fourth-order valence-corrected chi connectivity index (χ4v) is 2.92. The molecule has 3 aromatic rings. The van der Waals surface area contributed by atoms with Crippen molar-refractivity contribution in [3.05, 3.63) is 60.4 Å². The molecule has 0 radical (unpaired) electrons. The second-order valence-electron chi connectivity index (χ2n) is 4.94. The van der Waals surface area contributed by atoms with Gasteiger partial charge in [0.1, 0.15) is 0 Å². The third kappa shape index (κ3) is 4.61. The van der Waals surface area contributed by atoms with Crippen LogP contribution >= 0.6 is 11.8 Å². The molecule has 1 aromatic carbocycles. The Balaban J connectivity index is 1.41. The van der Waals surface area contributed by atoms with Gasteiger partial charge in [0.2, 0.25) is 5.16 Å². The predicted octanol–water partition coefficient (Wildman–Crippen LogP) is 2.33. The Kier molecular flexibility index (Phi) is 5.71. The number of pyridine rings is 1. The van der Waals surface area contributed by atoms with E-state index in [9.17, 15) is 0 Å². The first-order valence-electron chi connectivity index (χ1n) is 7.50. The number of thioether (sulfide) groups is 1. The number of aromatic nitrogens is 5. The third-order valence-electron chi connectivity index (χ3n) is 3.25. The molecule has 118 valence electrons. The Hall–Kier alpha value is -2.25. The van der Waals surface area contributed by atoms with Crippen LogP contribution in [0.15, 0.2) is 60.0 Å². The van der Waals surface area contributed by atoms with Gasteiger partial charge in [0.25, 0.3) is 0 Å². The van der Waals surface area contributed by atoms with Crippen LogP contribution in [0.3, 0.4) is 0 Å². The summed E-state index contributed by atoms with van der Waals surface area (Å²) < 4.78 is 1.77. The number of para-hydroxylation sites is 1. The van der Waals surface area contributed by atoms with E-state index in [0.717, 1.165) is 36.1 Å². The van der Waals surface area contributed by atoms with Crippen LogP contribution in [-0.4, -0.2) is 37.5 Å². The van der Waals surface area contributed by atoms with Crippen molar-refractivity contribution in [2.45, 2.75) is 18.1 Å². The van der Waals surface area contributed by atoms with Crippen LogP contribution in [0.1, 0.15) is 12.0 Å². The van der Waals surface area contributed by atoms with Crippen LogP contribution in [0.2, 0.25) is 0 Å². The molecule has 2 aromatic heterocycles. The molecule has 0 atom stereocenters. The summed E-state index contributed by atoms with van der Waals surface area (Å²) in [7, 11) is 0. The minimum Gasteiger partial charge on any atom is -0.313 e. The minimum absolute atomic E-state index is 0.824. The summed E-state index contributed by atoms with van der Waals surface area (Å²) in [5.41, 5.74) is 2.23. The first kappa shape index (κ1) is 15.6. The van der Waals surface area contributed by atoms with E-state index in [1.165, 1.54) is 5.56 Å². The number of nitrogens with zero attached hydrogens (tertiary/aromatic N) is 5. The van der Waals surface area contributed by atoms with Gasteiger partial charge in [-0.1, -0.05) is 30.0 Å². The number of hydrogen-bond acceptors (Lipinski definition) is 6. The Morgan fingerprint density at radius 1 is 1.04 bits per heavy atom. The molecular formula is C16H18N6S. The molecule has 0 fully saturated rings. The highest BCUT2D eigenvalue weighted by molar-refractivity contribution is 7.99. The highest BCUT2D eigenvalue weighted by atomic mass is 32.2. The fourth-order valence-electron chi connectivity index (χ4n) is 2.09. The number of rotatable bonds is 8. The van der Waals surface area contributed by atoms with Crippen LogP contribution in [0.4, 0.5) is 0 Å². The first-order chi connectivity index (χ1) is 11.4. The van der Waals surface area contributed by atoms with E-state index in [1.807, 2.05) is 54.9 Å². The van der Waals surface area contributed by atoms with Crippen molar-refractivity contribution in [2.24, 2.45) is 0 Å². The van der Waals surface area contributed by atoms with Crippen molar-refractivity contribution in [3.8, 4) is 5.69 Å². The van der Waals surface area contributed by atoms with Gasteiger partial charge in [0.05, 0.1) is 5.69 Å². The molecule has 0 bridgehead atoms. The average molecular weight is 326 g/mol. The lowest BCUT2D eigenvalue weighted by atomic mass is 10.3. The molecule has 0 aliphatic carbocycles. The van der Waals surface area contributed by atoms with E-state index < -0.39 is 0 Å². The van der Waals surface area contributed by atoms with Gasteiger partial charge in [0.15, 0.2) is 0 Å². The molecule has 2 heterocycles. The van der Waals surface area contributed by atoms with Gasteiger partial charge in [-0.05, 0) is 53.2 Å². The van der Waals surface area contributed by atoms with Gasteiger partial charge < -0.3 is 5.32 Å². The molecule has 0 spiro atoms. The number of tetrazole rings is 1. The van der Waals surface area contributed by atoms with E-state index in [2.05, 4.69) is 25.8 Å². The standard InChI is InChI=1S/C16H18N6S/c1-2-5-15(6-3-1)22-16(19-20-21-22)23-12-4-9-18-13-14-7-10-17-11-8-14/h1-3,5-8,10-11,18H,4,9,12-13H2. The first-order valence-corrected chi connectivity index (χ1v) is 8.48. The molecule has 1 N–H and O–H groups in total.